The molecule has 0 spiro atoms. The Bertz CT molecular complexity index is 405. The number of hydrogen-bond acceptors (Lipinski definition) is 3. The summed E-state index contributed by atoms with van der Waals surface area (Å²) < 4.78 is 2.05. The van der Waals surface area contributed by atoms with E-state index in [1.54, 1.807) is 6.20 Å². The number of aromatic nitrogens is 3. The standard InChI is InChI=1S/C12H16N4/c1-11-2-3-12(15-8-11)9-13-4-6-16-7-5-14-10-16/h2-3,5,7-8,10,13H,4,6,9H2,1H3. The summed E-state index contributed by atoms with van der Waals surface area (Å²) in [7, 11) is 0. The highest BCUT2D eigenvalue weighted by Gasteiger charge is 1.94. The molecule has 0 aliphatic carbocycles. The van der Waals surface area contributed by atoms with Crippen LogP contribution in [0, 0.1) is 6.92 Å². The van der Waals surface area contributed by atoms with E-state index in [0.717, 1.165) is 25.3 Å². The lowest BCUT2D eigenvalue weighted by atomic mass is 10.3. The first-order chi connectivity index (χ1) is 7.84. The van der Waals surface area contributed by atoms with Gasteiger partial charge in [0.15, 0.2) is 0 Å². The van der Waals surface area contributed by atoms with Gasteiger partial charge in [-0.15, -0.1) is 0 Å². The Morgan fingerprint density at radius 1 is 1.38 bits per heavy atom. The van der Waals surface area contributed by atoms with Gasteiger partial charge in [-0.2, -0.15) is 0 Å². The molecular formula is C12H16N4. The van der Waals surface area contributed by atoms with Crippen molar-refractivity contribution < 1.29 is 0 Å². The van der Waals surface area contributed by atoms with Gasteiger partial charge >= 0.3 is 0 Å². The van der Waals surface area contributed by atoms with Crippen molar-refractivity contribution in [2.45, 2.75) is 20.0 Å². The quantitative estimate of drug-likeness (QED) is 0.768. The lowest BCUT2D eigenvalue weighted by molar-refractivity contribution is 0.592. The van der Waals surface area contributed by atoms with Crippen LogP contribution in [0.3, 0.4) is 0 Å². The van der Waals surface area contributed by atoms with Gasteiger partial charge < -0.3 is 9.88 Å². The van der Waals surface area contributed by atoms with Crippen molar-refractivity contribution in [1.29, 1.82) is 0 Å². The van der Waals surface area contributed by atoms with E-state index >= 15 is 0 Å². The first-order valence-corrected chi connectivity index (χ1v) is 5.42. The van der Waals surface area contributed by atoms with E-state index in [0.29, 0.717) is 0 Å². The van der Waals surface area contributed by atoms with Gasteiger partial charge in [0.1, 0.15) is 0 Å². The molecule has 2 heterocycles. The Balaban J connectivity index is 1.70. The van der Waals surface area contributed by atoms with Crippen molar-refractivity contribution in [2.75, 3.05) is 6.54 Å². The fraction of sp³-hybridized carbons (Fsp3) is 0.333. The molecular weight excluding hydrogens is 200 g/mol. The van der Waals surface area contributed by atoms with Gasteiger partial charge in [0.2, 0.25) is 0 Å². The topological polar surface area (TPSA) is 42.7 Å². The second kappa shape index (κ2) is 5.42. The number of hydrogen-bond donors (Lipinski definition) is 1. The van der Waals surface area contributed by atoms with Crippen molar-refractivity contribution >= 4 is 0 Å². The predicted molar refractivity (Wildman–Crippen MR) is 62.9 cm³/mol. The van der Waals surface area contributed by atoms with Crippen molar-refractivity contribution in [1.82, 2.24) is 19.9 Å². The zero-order chi connectivity index (χ0) is 11.2. The van der Waals surface area contributed by atoms with Crippen LogP contribution in [0.2, 0.25) is 0 Å². The van der Waals surface area contributed by atoms with E-state index in [-0.39, 0.29) is 0 Å². The maximum Gasteiger partial charge on any atom is 0.0946 e. The molecule has 2 aromatic rings. The third-order valence-electron chi connectivity index (χ3n) is 2.38. The average Bonchev–Trinajstić information content (AvgIpc) is 2.80. The van der Waals surface area contributed by atoms with E-state index in [1.165, 1.54) is 5.56 Å². The fourth-order valence-electron chi connectivity index (χ4n) is 1.45. The minimum Gasteiger partial charge on any atom is -0.336 e. The zero-order valence-electron chi connectivity index (χ0n) is 9.43. The summed E-state index contributed by atoms with van der Waals surface area (Å²) in [4.78, 5) is 8.32. The molecule has 2 aromatic heterocycles. The van der Waals surface area contributed by atoms with Crippen LogP contribution >= 0.6 is 0 Å². The second-order valence-electron chi connectivity index (χ2n) is 3.80. The van der Waals surface area contributed by atoms with Crippen LogP contribution in [0.5, 0.6) is 0 Å². The van der Waals surface area contributed by atoms with Crippen LogP contribution in [0.1, 0.15) is 11.3 Å². The summed E-state index contributed by atoms with van der Waals surface area (Å²) in [6, 6.07) is 4.14. The Morgan fingerprint density at radius 3 is 3.00 bits per heavy atom. The normalized spacial score (nSPS) is 10.6. The molecule has 0 fully saturated rings. The van der Waals surface area contributed by atoms with E-state index in [9.17, 15) is 0 Å². The molecule has 0 bridgehead atoms. The largest absolute Gasteiger partial charge is 0.336 e. The van der Waals surface area contributed by atoms with E-state index in [2.05, 4.69) is 32.0 Å². The number of pyridine rings is 1. The SMILES string of the molecule is Cc1ccc(CNCCn2ccnc2)nc1. The van der Waals surface area contributed by atoms with Crippen LogP contribution in [-0.2, 0) is 13.1 Å². The lowest BCUT2D eigenvalue weighted by Gasteiger charge is -2.05. The summed E-state index contributed by atoms with van der Waals surface area (Å²) in [5, 5.41) is 3.35. The van der Waals surface area contributed by atoms with Crippen LogP contribution < -0.4 is 5.32 Å². The molecule has 0 unspecified atom stereocenters. The van der Waals surface area contributed by atoms with Crippen LogP contribution in [0.15, 0.2) is 37.1 Å². The summed E-state index contributed by atoms with van der Waals surface area (Å²) in [6.45, 7) is 4.72. The second-order valence-corrected chi connectivity index (χ2v) is 3.80. The number of nitrogens with zero attached hydrogens (tertiary/aromatic N) is 3. The van der Waals surface area contributed by atoms with Crippen molar-refractivity contribution in [2.24, 2.45) is 0 Å². The number of nitrogens with one attached hydrogen (secondary N) is 1. The molecule has 0 atom stereocenters. The molecule has 4 heteroatoms. The molecule has 2 rings (SSSR count). The van der Waals surface area contributed by atoms with Crippen LogP contribution in [0.25, 0.3) is 0 Å². The Morgan fingerprint density at radius 2 is 2.31 bits per heavy atom. The molecule has 0 aliphatic rings. The smallest absolute Gasteiger partial charge is 0.0946 e. The fourth-order valence-corrected chi connectivity index (χ4v) is 1.45. The first-order valence-electron chi connectivity index (χ1n) is 5.42. The number of imidazole rings is 1. The summed E-state index contributed by atoms with van der Waals surface area (Å²) in [5.74, 6) is 0. The number of rotatable bonds is 5. The van der Waals surface area contributed by atoms with E-state index in [1.807, 2.05) is 25.6 Å². The Hall–Kier alpha value is -1.68. The van der Waals surface area contributed by atoms with Crippen molar-refractivity contribution in [3.63, 3.8) is 0 Å². The molecule has 0 amide bonds. The number of aryl methyl sites for hydroxylation is 1. The van der Waals surface area contributed by atoms with Gasteiger partial charge in [0, 0.05) is 38.2 Å². The molecule has 0 radical (unpaired) electrons. The van der Waals surface area contributed by atoms with E-state index < -0.39 is 0 Å². The van der Waals surface area contributed by atoms with E-state index in [4.69, 9.17) is 0 Å². The van der Waals surface area contributed by atoms with Crippen LogP contribution in [0.4, 0.5) is 0 Å². The Kier molecular flexibility index (Phi) is 3.66. The minimum atomic E-state index is 0.814. The van der Waals surface area contributed by atoms with Gasteiger partial charge in [0.05, 0.1) is 12.0 Å². The van der Waals surface area contributed by atoms with Gasteiger partial charge in [-0.1, -0.05) is 6.07 Å². The third kappa shape index (κ3) is 3.17. The summed E-state index contributed by atoms with van der Waals surface area (Å²) >= 11 is 0. The molecule has 4 nitrogen and oxygen atoms in total. The summed E-state index contributed by atoms with van der Waals surface area (Å²) in [6.07, 6.45) is 7.48. The average molecular weight is 216 g/mol. The molecule has 16 heavy (non-hydrogen) atoms. The third-order valence-corrected chi connectivity index (χ3v) is 2.38. The van der Waals surface area contributed by atoms with Crippen molar-refractivity contribution in [3.05, 3.63) is 48.3 Å². The van der Waals surface area contributed by atoms with Crippen LogP contribution in [-0.4, -0.2) is 21.1 Å². The van der Waals surface area contributed by atoms with Gasteiger partial charge in [-0.25, -0.2) is 4.98 Å². The maximum absolute atomic E-state index is 4.33. The molecule has 0 aliphatic heterocycles. The molecule has 84 valence electrons. The molecule has 0 saturated carbocycles. The highest BCUT2D eigenvalue weighted by molar-refractivity contribution is 5.11. The maximum atomic E-state index is 4.33. The van der Waals surface area contributed by atoms with Gasteiger partial charge in [-0.3, -0.25) is 4.98 Å². The van der Waals surface area contributed by atoms with Gasteiger partial charge in [0.25, 0.3) is 0 Å². The minimum absolute atomic E-state index is 0.814. The highest BCUT2D eigenvalue weighted by atomic mass is 15.0. The predicted octanol–water partition coefficient (Wildman–Crippen LogP) is 1.38. The van der Waals surface area contributed by atoms with Gasteiger partial charge in [-0.05, 0) is 18.6 Å². The molecule has 0 saturated heterocycles. The summed E-state index contributed by atoms with van der Waals surface area (Å²) in [5.41, 5.74) is 2.28. The monoisotopic (exact) mass is 216 g/mol. The highest BCUT2D eigenvalue weighted by Crippen LogP contribution is 1.97. The lowest BCUT2D eigenvalue weighted by Crippen LogP contribution is -2.19. The van der Waals surface area contributed by atoms with Crippen molar-refractivity contribution in [3.8, 4) is 0 Å². The first kappa shape index (κ1) is 10.8. The zero-order valence-corrected chi connectivity index (χ0v) is 9.43. The molecule has 1 N–H and O–H groups in total. The molecule has 0 aromatic carbocycles. The Labute approximate surface area is 95.4 Å².